The predicted molar refractivity (Wildman–Crippen MR) is 64.2 cm³/mol. The minimum Gasteiger partial charge on any atom is -0.444 e. The quantitative estimate of drug-likeness (QED) is 0.723. The molecule has 0 aromatic carbocycles. The Morgan fingerprint density at radius 1 is 1.38 bits per heavy atom. The summed E-state index contributed by atoms with van der Waals surface area (Å²) in [6.07, 6.45) is 3.45. The van der Waals surface area contributed by atoms with Crippen molar-refractivity contribution in [2.75, 3.05) is 0 Å². The Hall–Kier alpha value is -0.770. The summed E-state index contributed by atoms with van der Waals surface area (Å²) in [5.41, 5.74) is 5.25. The van der Waals surface area contributed by atoms with Gasteiger partial charge in [-0.2, -0.15) is 0 Å². The van der Waals surface area contributed by atoms with E-state index in [-0.39, 0.29) is 17.7 Å². The second-order valence-electron chi connectivity index (χ2n) is 6.02. The van der Waals surface area contributed by atoms with Crippen molar-refractivity contribution in [3.8, 4) is 0 Å². The largest absolute Gasteiger partial charge is 0.444 e. The highest BCUT2D eigenvalue weighted by atomic mass is 16.6. The van der Waals surface area contributed by atoms with Crippen LogP contribution in [-0.4, -0.2) is 23.3 Å². The van der Waals surface area contributed by atoms with Crippen LogP contribution in [0, 0.1) is 0 Å². The summed E-state index contributed by atoms with van der Waals surface area (Å²) in [5, 5.41) is 2.96. The summed E-state index contributed by atoms with van der Waals surface area (Å²) < 4.78 is 5.25. The Balaban J connectivity index is 2.44. The Kier molecular flexibility index (Phi) is 3.84. The number of nitrogens with one attached hydrogen (secondary N) is 1. The fourth-order valence-electron chi connectivity index (χ4n) is 1.95. The lowest BCUT2D eigenvalue weighted by molar-refractivity contribution is 0.0435. The Morgan fingerprint density at radius 2 is 1.88 bits per heavy atom. The highest BCUT2D eigenvalue weighted by Gasteiger charge is 2.32. The van der Waals surface area contributed by atoms with Gasteiger partial charge >= 0.3 is 6.09 Å². The molecule has 4 nitrogen and oxygen atoms in total. The van der Waals surface area contributed by atoms with E-state index in [1.807, 2.05) is 20.8 Å². The molecule has 94 valence electrons. The first-order chi connectivity index (χ1) is 7.20. The molecule has 0 unspecified atom stereocenters. The molecule has 4 heteroatoms. The number of amides is 1. The molecular weight excluding hydrogens is 204 g/mol. The maximum absolute atomic E-state index is 11.6. The number of rotatable bonds is 1. The van der Waals surface area contributed by atoms with Gasteiger partial charge in [0.05, 0.1) is 0 Å². The number of carbonyl (C=O) groups excluding carboxylic acids is 1. The Bertz CT molecular complexity index is 250. The monoisotopic (exact) mass is 228 g/mol. The van der Waals surface area contributed by atoms with Gasteiger partial charge in [-0.1, -0.05) is 0 Å². The molecule has 1 amide bonds. The predicted octanol–water partition coefficient (Wildman–Crippen LogP) is 2.17. The molecule has 3 N–H and O–H groups in total. The van der Waals surface area contributed by atoms with Crippen molar-refractivity contribution in [1.29, 1.82) is 0 Å². The average molecular weight is 228 g/mol. The zero-order valence-electron chi connectivity index (χ0n) is 10.8. The fourth-order valence-corrected chi connectivity index (χ4v) is 1.95. The number of hydrogen-bond acceptors (Lipinski definition) is 3. The first kappa shape index (κ1) is 13.3. The summed E-state index contributed by atoms with van der Waals surface area (Å²) in [6, 6.07) is 0.286. The maximum atomic E-state index is 11.6. The smallest absolute Gasteiger partial charge is 0.408 e. The molecule has 1 fully saturated rings. The highest BCUT2D eigenvalue weighted by Crippen LogP contribution is 2.27. The van der Waals surface area contributed by atoms with Gasteiger partial charge in [0.1, 0.15) is 5.60 Å². The minimum absolute atomic E-state index is 0.155. The molecule has 0 aliphatic heterocycles. The molecule has 0 aromatic rings. The highest BCUT2D eigenvalue weighted by molar-refractivity contribution is 5.68. The van der Waals surface area contributed by atoms with Gasteiger partial charge in [-0.15, -0.1) is 0 Å². The van der Waals surface area contributed by atoms with Crippen molar-refractivity contribution in [2.45, 2.75) is 70.6 Å². The van der Waals surface area contributed by atoms with E-state index in [4.69, 9.17) is 10.5 Å². The van der Waals surface area contributed by atoms with Crippen LogP contribution < -0.4 is 11.1 Å². The number of alkyl carbamates (subject to hydrolysis) is 1. The minimum atomic E-state index is -0.439. The normalized spacial score (nSPS) is 30.9. The Labute approximate surface area is 97.9 Å². The van der Waals surface area contributed by atoms with Crippen molar-refractivity contribution in [3.05, 3.63) is 0 Å². The second-order valence-corrected chi connectivity index (χ2v) is 6.02. The first-order valence-electron chi connectivity index (χ1n) is 5.97. The molecule has 0 aromatic heterocycles. The van der Waals surface area contributed by atoms with E-state index < -0.39 is 5.60 Å². The molecule has 0 saturated heterocycles. The average Bonchev–Trinajstić information content (AvgIpc) is 2.07. The van der Waals surface area contributed by atoms with E-state index in [1.165, 1.54) is 0 Å². The summed E-state index contributed by atoms with van der Waals surface area (Å²) >= 11 is 0. The van der Waals surface area contributed by atoms with E-state index in [0.717, 1.165) is 25.7 Å². The van der Waals surface area contributed by atoms with Crippen molar-refractivity contribution >= 4 is 6.09 Å². The molecule has 1 saturated carbocycles. The summed E-state index contributed by atoms with van der Waals surface area (Å²) in [4.78, 5) is 11.6. The zero-order valence-corrected chi connectivity index (χ0v) is 10.8. The van der Waals surface area contributed by atoms with Gasteiger partial charge in [-0.3, -0.25) is 0 Å². The van der Waals surface area contributed by atoms with Crippen LogP contribution in [0.25, 0.3) is 0 Å². The molecule has 0 spiro atoms. The molecule has 0 heterocycles. The van der Waals surface area contributed by atoms with Crippen LogP contribution in [0.2, 0.25) is 0 Å². The van der Waals surface area contributed by atoms with Crippen molar-refractivity contribution in [1.82, 2.24) is 5.32 Å². The van der Waals surface area contributed by atoms with Gasteiger partial charge in [0.25, 0.3) is 0 Å². The number of ether oxygens (including phenoxy) is 1. The van der Waals surface area contributed by atoms with Crippen LogP contribution in [-0.2, 0) is 4.74 Å². The SMILES string of the molecule is CC1(NC(=O)OC(C)(C)C)CCC(N)CC1. The van der Waals surface area contributed by atoms with Crippen LogP contribution in [0.3, 0.4) is 0 Å². The zero-order chi connectivity index (χ0) is 12.4. The summed E-state index contributed by atoms with van der Waals surface area (Å²) in [5.74, 6) is 0. The van der Waals surface area contributed by atoms with E-state index in [9.17, 15) is 4.79 Å². The lowest BCUT2D eigenvalue weighted by Gasteiger charge is -2.37. The van der Waals surface area contributed by atoms with Crippen LogP contribution in [0.4, 0.5) is 4.79 Å². The van der Waals surface area contributed by atoms with E-state index in [0.29, 0.717) is 0 Å². The van der Waals surface area contributed by atoms with Gasteiger partial charge in [0.15, 0.2) is 0 Å². The molecule has 0 atom stereocenters. The molecule has 1 rings (SSSR count). The van der Waals surface area contributed by atoms with Crippen molar-refractivity contribution < 1.29 is 9.53 Å². The molecule has 1 aliphatic rings. The molecule has 1 aliphatic carbocycles. The maximum Gasteiger partial charge on any atom is 0.408 e. The standard InChI is InChI=1S/C12H24N2O2/c1-11(2,3)16-10(15)14-12(4)7-5-9(13)6-8-12/h9H,5-8,13H2,1-4H3,(H,14,15). The second kappa shape index (κ2) is 4.62. The third-order valence-electron chi connectivity index (χ3n) is 2.94. The van der Waals surface area contributed by atoms with Crippen LogP contribution in [0.15, 0.2) is 0 Å². The van der Waals surface area contributed by atoms with Gasteiger partial charge < -0.3 is 15.8 Å². The van der Waals surface area contributed by atoms with E-state index in [1.54, 1.807) is 0 Å². The Morgan fingerprint density at radius 3 is 2.31 bits per heavy atom. The number of carbonyl (C=O) groups is 1. The molecular formula is C12H24N2O2. The molecule has 0 bridgehead atoms. The lowest BCUT2D eigenvalue weighted by Crippen LogP contribution is -2.51. The number of hydrogen-bond donors (Lipinski definition) is 2. The fraction of sp³-hybridized carbons (Fsp3) is 0.917. The molecule has 0 radical (unpaired) electrons. The third kappa shape index (κ3) is 4.39. The van der Waals surface area contributed by atoms with Gasteiger partial charge in [0.2, 0.25) is 0 Å². The topological polar surface area (TPSA) is 64.3 Å². The summed E-state index contributed by atoms with van der Waals surface area (Å²) in [7, 11) is 0. The van der Waals surface area contributed by atoms with Gasteiger partial charge in [0, 0.05) is 11.6 Å². The summed E-state index contributed by atoms with van der Waals surface area (Å²) in [6.45, 7) is 7.66. The first-order valence-corrected chi connectivity index (χ1v) is 5.97. The molecule has 16 heavy (non-hydrogen) atoms. The number of nitrogens with two attached hydrogens (primary N) is 1. The van der Waals surface area contributed by atoms with Crippen LogP contribution in [0.5, 0.6) is 0 Å². The van der Waals surface area contributed by atoms with Crippen LogP contribution in [0.1, 0.15) is 53.4 Å². The van der Waals surface area contributed by atoms with Gasteiger partial charge in [-0.25, -0.2) is 4.79 Å². The lowest BCUT2D eigenvalue weighted by atomic mass is 9.81. The van der Waals surface area contributed by atoms with E-state index in [2.05, 4.69) is 12.2 Å². The van der Waals surface area contributed by atoms with E-state index >= 15 is 0 Å². The van der Waals surface area contributed by atoms with Crippen molar-refractivity contribution in [2.24, 2.45) is 5.73 Å². The van der Waals surface area contributed by atoms with Gasteiger partial charge in [-0.05, 0) is 53.4 Å². The third-order valence-corrected chi connectivity index (χ3v) is 2.94. The van der Waals surface area contributed by atoms with Crippen LogP contribution >= 0.6 is 0 Å². The van der Waals surface area contributed by atoms with Crippen molar-refractivity contribution in [3.63, 3.8) is 0 Å².